The molecule has 1 aliphatic heterocycles. The van der Waals surface area contributed by atoms with Crippen LogP contribution < -0.4 is 11.3 Å². The van der Waals surface area contributed by atoms with Crippen LogP contribution >= 0.6 is 0 Å². The zero-order chi connectivity index (χ0) is 15.1. The molecule has 0 spiro atoms. The lowest BCUT2D eigenvalue weighted by Gasteiger charge is -2.15. The van der Waals surface area contributed by atoms with E-state index in [0.29, 0.717) is 30.4 Å². The van der Waals surface area contributed by atoms with Crippen LogP contribution in [0.2, 0.25) is 0 Å². The summed E-state index contributed by atoms with van der Waals surface area (Å²) in [5.74, 6) is 0.681. The smallest absolute Gasteiger partial charge is 0.294 e. The highest BCUT2D eigenvalue weighted by Crippen LogP contribution is 2.23. The zero-order valence-electron chi connectivity index (χ0n) is 11.6. The van der Waals surface area contributed by atoms with Crippen LogP contribution in [0, 0.1) is 10.8 Å². The molecule has 1 aliphatic carbocycles. The molecule has 8 heteroatoms. The maximum Gasteiger partial charge on any atom is 0.294 e. The lowest BCUT2D eigenvalue weighted by Crippen LogP contribution is -2.24. The molecule has 3 rings (SSSR count). The van der Waals surface area contributed by atoms with Crippen LogP contribution in [0.15, 0.2) is 21.6 Å². The van der Waals surface area contributed by atoms with Gasteiger partial charge in [0.15, 0.2) is 11.5 Å². The number of nitrogen functional groups attached to an aromatic ring is 1. The largest absolute Gasteiger partial charge is 0.495 e. The predicted octanol–water partition coefficient (Wildman–Crippen LogP) is 0.682. The molecule has 0 saturated heterocycles. The number of fused-ring (bicyclic) bond motifs is 1. The van der Waals surface area contributed by atoms with Gasteiger partial charge in [0.05, 0.1) is 24.2 Å². The second-order valence-electron chi connectivity index (χ2n) is 4.98. The Morgan fingerprint density at radius 2 is 2.00 bits per heavy atom. The lowest BCUT2D eigenvalue weighted by molar-refractivity contribution is 0.314. The van der Waals surface area contributed by atoms with Crippen molar-refractivity contribution < 1.29 is 4.74 Å². The third-order valence-electron chi connectivity index (χ3n) is 3.67. The fraction of sp³-hybridized carbons (Fsp3) is 0.385. The lowest BCUT2D eigenvalue weighted by atomic mass is 10.00. The Morgan fingerprint density at radius 1 is 1.29 bits per heavy atom. The van der Waals surface area contributed by atoms with E-state index in [1.54, 1.807) is 9.36 Å². The molecule has 0 atom stereocenters. The molecule has 2 aliphatic rings. The molecule has 1 aromatic rings. The minimum atomic E-state index is -0.238. The van der Waals surface area contributed by atoms with Gasteiger partial charge in [0.25, 0.3) is 5.56 Å². The number of anilines is 1. The number of nitrogens with one attached hydrogen (secondary N) is 2. The molecule has 0 fully saturated rings. The third-order valence-corrected chi connectivity index (χ3v) is 3.67. The minimum absolute atomic E-state index is 0.132. The van der Waals surface area contributed by atoms with Crippen LogP contribution in [0.25, 0.3) is 0 Å². The topological polar surface area (TPSA) is 122 Å². The molecular formula is C13H16N6O2. The van der Waals surface area contributed by atoms with E-state index < -0.39 is 0 Å². The summed E-state index contributed by atoms with van der Waals surface area (Å²) in [5.41, 5.74) is 6.63. The maximum absolute atomic E-state index is 12.3. The number of hydrogen-bond acceptors (Lipinski definition) is 6. The molecule has 21 heavy (non-hydrogen) atoms. The molecule has 2 heterocycles. The predicted molar refractivity (Wildman–Crippen MR) is 80.0 cm³/mol. The Labute approximate surface area is 120 Å². The summed E-state index contributed by atoms with van der Waals surface area (Å²) in [4.78, 5) is 16.5. The monoisotopic (exact) mass is 288 g/mol. The first-order valence-electron chi connectivity index (χ1n) is 6.62. The van der Waals surface area contributed by atoms with E-state index in [9.17, 15) is 4.79 Å². The molecule has 0 saturated carbocycles. The summed E-state index contributed by atoms with van der Waals surface area (Å²) in [6, 6.07) is 0. The van der Waals surface area contributed by atoms with Gasteiger partial charge in [-0.2, -0.15) is 0 Å². The minimum Gasteiger partial charge on any atom is -0.495 e. The van der Waals surface area contributed by atoms with E-state index in [1.807, 2.05) is 0 Å². The molecular weight excluding hydrogens is 272 g/mol. The summed E-state index contributed by atoms with van der Waals surface area (Å²) >= 11 is 0. The Morgan fingerprint density at radius 3 is 2.67 bits per heavy atom. The molecule has 4 N–H and O–H groups in total. The standard InChI is InChI=1S/C13H16N6O2/c1-21-10-6-9(7(14)5-8(10)15)17-11-12(16)18-3-2-4-19(18)13(11)20/h6,14-15H,2-5,16H2,1H3. The number of nitrogens with two attached hydrogens (primary N) is 1. The first-order chi connectivity index (χ1) is 10.0. The Hall–Kier alpha value is -2.64. The molecule has 8 nitrogen and oxygen atoms in total. The van der Waals surface area contributed by atoms with Gasteiger partial charge in [0.2, 0.25) is 0 Å². The summed E-state index contributed by atoms with van der Waals surface area (Å²) in [6.45, 7) is 1.34. The SMILES string of the molecule is COC1=CC(=Nc2c(N)n3n(c2=O)CCC3)C(=N)CC1=N. The van der Waals surface area contributed by atoms with Crippen LogP contribution in [0.5, 0.6) is 0 Å². The van der Waals surface area contributed by atoms with Crippen molar-refractivity contribution in [2.24, 2.45) is 4.99 Å². The molecule has 1 aromatic heterocycles. The fourth-order valence-electron chi connectivity index (χ4n) is 2.59. The third kappa shape index (κ3) is 1.99. The van der Waals surface area contributed by atoms with E-state index in [-0.39, 0.29) is 29.1 Å². The van der Waals surface area contributed by atoms with Crippen molar-refractivity contribution in [1.29, 1.82) is 10.8 Å². The number of aromatic nitrogens is 2. The number of allylic oxidation sites excluding steroid dienone is 2. The van der Waals surface area contributed by atoms with Gasteiger partial charge in [0, 0.05) is 25.6 Å². The molecule has 0 aromatic carbocycles. The van der Waals surface area contributed by atoms with Crippen molar-refractivity contribution in [2.45, 2.75) is 25.9 Å². The molecule has 0 unspecified atom stereocenters. The van der Waals surface area contributed by atoms with E-state index in [1.165, 1.54) is 13.2 Å². The fourth-order valence-corrected chi connectivity index (χ4v) is 2.59. The van der Waals surface area contributed by atoms with Crippen molar-refractivity contribution in [1.82, 2.24) is 9.36 Å². The van der Waals surface area contributed by atoms with Crippen molar-refractivity contribution in [3.8, 4) is 0 Å². The van der Waals surface area contributed by atoms with Crippen LogP contribution in [-0.2, 0) is 17.8 Å². The van der Waals surface area contributed by atoms with Gasteiger partial charge in [-0.15, -0.1) is 0 Å². The highest BCUT2D eigenvalue weighted by atomic mass is 16.5. The number of rotatable bonds is 2. The molecule has 0 amide bonds. The molecule has 0 radical (unpaired) electrons. The first-order valence-corrected chi connectivity index (χ1v) is 6.62. The maximum atomic E-state index is 12.3. The van der Waals surface area contributed by atoms with Crippen molar-refractivity contribution in [3.05, 3.63) is 22.2 Å². The van der Waals surface area contributed by atoms with Gasteiger partial charge >= 0.3 is 0 Å². The number of aliphatic imine (C=N–C) groups is 1. The summed E-state index contributed by atoms with van der Waals surface area (Å²) in [7, 11) is 1.46. The number of nitrogens with zero attached hydrogens (tertiary/aromatic N) is 3. The van der Waals surface area contributed by atoms with Gasteiger partial charge in [-0.1, -0.05) is 0 Å². The van der Waals surface area contributed by atoms with Crippen LogP contribution in [-0.4, -0.2) is 33.6 Å². The quantitative estimate of drug-likeness (QED) is 0.741. The van der Waals surface area contributed by atoms with Gasteiger partial charge in [-0.05, 0) is 6.42 Å². The van der Waals surface area contributed by atoms with Crippen LogP contribution in [0.4, 0.5) is 11.5 Å². The van der Waals surface area contributed by atoms with Crippen LogP contribution in [0.3, 0.4) is 0 Å². The van der Waals surface area contributed by atoms with E-state index in [0.717, 1.165) is 6.42 Å². The number of hydrogen-bond donors (Lipinski definition) is 3. The Bertz CT molecular complexity index is 764. The summed E-state index contributed by atoms with van der Waals surface area (Å²) < 4.78 is 8.37. The average molecular weight is 288 g/mol. The second-order valence-corrected chi connectivity index (χ2v) is 4.98. The van der Waals surface area contributed by atoms with Gasteiger partial charge < -0.3 is 21.3 Å². The highest BCUT2D eigenvalue weighted by molar-refractivity contribution is 6.51. The van der Waals surface area contributed by atoms with E-state index in [4.69, 9.17) is 21.3 Å². The molecule has 0 bridgehead atoms. The van der Waals surface area contributed by atoms with Crippen molar-refractivity contribution in [3.63, 3.8) is 0 Å². The summed E-state index contributed by atoms with van der Waals surface area (Å²) in [6.07, 6.45) is 2.52. The van der Waals surface area contributed by atoms with Crippen molar-refractivity contribution in [2.75, 3.05) is 12.8 Å². The second kappa shape index (κ2) is 4.72. The van der Waals surface area contributed by atoms with E-state index >= 15 is 0 Å². The zero-order valence-corrected chi connectivity index (χ0v) is 11.6. The van der Waals surface area contributed by atoms with Gasteiger partial charge in [-0.25, -0.2) is 9.67 Å². The number of methoxy groups -OCH3 is 1. The van der Waals surface area contributed by atoms with Gasteiger partial charge in [-0.3, -0.25) is 9.48 Å². The highest BCUT2D eigenvalue weighted by Gasteiger charge is 2.24. The number of ether oxygens (including phenoxy) is 1. The normalized spacial score (nSPS) is 19.9. The Kier molecular flexibility index (Phi) is 3.00. The summed E-state index contributed by atoms with van der Waals surface area (Å²) in [5, 5.41) is 15.6. The first kappa shape index (κ1) is 13.3. The van der Waals surface area contributed by atoms with Crippen molar-refractivity contribution >= 4 is 28.6 Å². The van der Waals surface area contributed by atoms with Crippen LogP contribution in [0.1, 0.15) is 12.8 Å². The Balaban J connectivity index is 2.11. The van der Waals surface area contributed by atoms with E-state index in [2.05, 4.69) is 4.99 Å². The molecule has 110 valence electrons. The average Bonchev–Trinajstić information content (AvgIpc) is 3.01. The van der Waals surface area contributed by atoms with Gasteiger partial charge in [0.1, 0.15) is 5.76 Å².